The molecule has 29 heavy (non-hydrogen) atoms. The molecule has 1 unspecified atom stereocenters. The molecular weight excluding hydrogens is 364 g/mol. The molecule has 1 saturated heterocycles. The molecule has 1 fully saturated rings. The van der Waals surface area contributed by atoms with Crippen LogP contribution in [-0.2, 0) is 19.0 Å². The van der Waals surface area contributed by atoms with Crippen LogP contribution in [0.5, 0.6) is 0 Å². The molecule has 0 spiro atoms. The summed E-state index contributed by atoms with van der Waals surface area (Å²) in [5, 5.41) is 17.8. The highest BCUT2D eigenvalue weighted by atomic mass is 16.4. The average Bonchev–Trinajstić information content (AvgIpc) is 3.15. The number of benzene rings is 2. The van der Waals surface area contributed by atoms with Crippen molar-refractivity contribution in [2.24, 2.45) is 7.05 Å². The molecule has 1 aliphatic rings. The zero-order valence-corrected chi connectivity index (χ0v) is 16.9. The van der Waals surface area contributed by atoms with Crippen LogP contribution in [-0.4, -0.2) is 43.8 Å². The van der Waals surface area contributed by atoms with Crippen molar-refractivity contribution < 1.29 is 9.90 Å². The summed E-state index contributed by atoms with van der Waals surface area (Å²) in [6.07, 6.45) is 4.02. The van der Waals surface area contributed by atoms with E-state index < -0.39 is 5.97 Å². The number of piperidine rings is 1. The Bertz CT molecular complexity index is 1010. The SMILES string of the molecule is Cn1cnnc1C1(C)CCCN(Cc2ccc(-c3ccccc3C(=O)O)cc2)C1. The van der Waals surface area contributed by atoms with Crippen molar-refractivity contribution in [2.45, 2.75) is 31.7 Å². The summed E-state index contributed by atoms with van der Waals surface area (Å²) in [4.78, 5) is 14.0. The summed E-state index contributed by atoms with van der Waals surface area (Å²) in [7, 11) is 2.01. The van der Waals surface area contributed by atoms with Gasteiger partial charge in [0.1, 0.15) is 12.2 Å². The number of nitrogens with zero attached hydrogens (tertiary/aromatic N) is 4. The molecule has 150 valence electrons. The number of likely N-dealkylation sites (tertiary alicyclic amines) is 1. The molecule has 0 bridgehead atoms. The van der Waals surface area contributed by atoms with Crippen LogP contribution in [0, 0.1) is 0 Å². The van der Waals surface area contributed by atoms with Gasteiger partial charge in [-0.3, -0.25) is 4.90 Å². The third kappa shape index (κ3) is 3.93. The van der Waals surface area contributed by atoms with Gasteiger partial charge in [0, 0.05) is 25.6 Å². The Labute approximate surface area is 170 Å². The lowest BCUT2D eigenvalue weighted by Crippen LogP contribution is -2.45. The molecule has 1 aromatic heterocycles. The van der Waals surface area contributed by atoms with Crippen molar-refractivity contribution in [3.8, 4) is 11.1 Å². The second kappa shape index (κ2) is 7.79. The highest BCUT2D eigenvalue weighted by Crippen LogP contribution is 2.33. The fourth-order valence-corrected chi connectivity index (χ4v) is 4.46. The van der Waals surface area contributed by atoms with Crippen molar-refractivity contribution in [1.29, 1.82) is 0 Å². The Morgan fingerprint density at radius 2 is 1.93 bits per heavy atom. The molecule has 6 nitrogen and oxygen atoms in total. The second-order valence-electron chi connectivity index (χ2n) is 8.19. The van der Waals surface area contributed by atoms with Gasteiger partial charge in [0.25, 0.3) is 0 Å². The molecule has 1 atom stereocenters. The number of aryl methyl sites for hydroxylation is 1. The zero-order chi connectivity index (χ0) is 20.4. The maximum Gasteiger partial charge on any atom is 0.336 e. The van der Waals surface area contributed by atoms with Crippen LogP contribution in [0.2, 0.25) is 0 Å². The maximum atomic E-state index is 11.5. The van der Waals surface area contributed by atoms with E-state index in [1.807, 2.05) is 35.9 Å². The van der Waals surface area contributed by atoms with E-state index in [0.29, 0.717) is 5.56 Å². The van der Waals surface area contributed by atoms with Gasteiger partial charge >= 0.3 is 5.97 Å². The molecular formula is C23H26N4O2. The first-order chi connectivity index (χ1) is 14.0. The highest BCUT2D eigenvalue weighted by Gasteiger charge is 2.36. The van der Waals surface area contributed by atoms with E-state index >= 15 is 0 Å². The summed E-state index contributed by atoms with van der Waals surface area (Å²) in [5.41, 5.74) is 3.23. The van der Waals surface area contributed by atoms with Gasteiger partial charge in [0.2, 0.25) is 0 Å². The Balaban J connectivity index is 1.50. The number of rotatable bonds is 5. The number of hydrogen-bond donors (Lipinski definition) is 1. The first kappa shape index (κ1) is 19.3. The Hall–Kier alpha value is -2.99. The van der Waals surface area contributed by atoms with Gasteiger partial charge in [0.05, 0.1) is 5.56 Å². The Morgan fingerprint density at radius 1 is 1.17 bits per heavy atom. The van der Waals surface area contributed by atoms with Crippen molar-refractivity contribution in [3.05, 3.63) is 71.8 Å². The standard InChI is InChI=1S/C23H26N4O2/c1-23(22-25-24-16-26(22)2)12-5-13-27(15-23)14-17-8-10-18(11-9-17)19-6-3-4-7-20(19)21(28)29/h3-4,6-11,16H,5,12-15H2,1-2H3,(H,28,29). The minimum absolute atomic E-state index is 0.00384. The van der Waals surface area contributed by atoms with Crippen LogP contribution >= 0.6 is 0 Å². The van der Waals surface area contributed by atoms with Gasteiger partial charge in [-0.15, -0.1) is 10.2 Å². The topological polar surface area (TPSA) is 71.2 Å². The predicted octanol–water partition coefficient (Wildman–Crippen LogP) is 3.73. The molecule has 4 rings (SSSR count). The minimum atomic E-state index is -0.902. The van der Waals surface area contributed by atoms with Gasteiger partial charge in [-0.1, -0.05) is 49.4 Å². The van der Waals surface area contributed by atoms with Gasteiger partial charge in [-0.25, -0.2) is 4.79 Å². The Morgan fingerprint density at radius 3 is 2.62 bits per heavy atom. The van der Waals surface area contributed by atoms with Crippen LogP contribution in [0.15, 0.2) is 54.9 Å². The van der Waals surface area contributed by atoms with Crippen LogP contribution < -0.4 is 0 Å². The summed E-state index contributed by atoms with van der Waals surface area (Å²) >= 11 is 0. The maximum absolute atomic E-state index is 11.5. The van der Waals surface area contributed by atoms with Crippen LogP contribution in [0.1, 0.15) is 41.5 Å². The average molecular weight is 390 g/mol. The Kier molecular flexibility index (Phi) is 5.20. The summed E-state index contributed by atoms with van der Waals surface area (Å²) in [6.45, 7) is 5.16. The number of carboxylic acids is 1. The van der Waals surface area contributed by atoms with Crippen LogP contribution in [0.25, 0.3) is 11.1 Å². The first-order valence-electron chi connectivity index (χ1n) is 9.95. The van der Waals surface area contributed by atoms with Gasteiger partial charge in [-0.05, 0) is 42.1 Å². The lowest BCUT2D eigenvalue weighted by atomic mass is 9.81. The summed E-state index contributed by atoms with van der Waals surface area (Å²) < 4.78 is 2.03. The molecule has 0 amide bonds. The van der Waals surface area contributed by atoms with Crippen molar-refractivity contribution >= 4 is 5.97 Å². The quantitative estimate of drug-likeness (QED) is 0.719. The second-order valence-corrected chi connectivity index (χ2v) is 8.19. The molecule has 0 aliphatic carbocycles. The van der Waals surface area contributed by atoms with E-state index in [2.05, 4.69) is 34.2 Å². The molecule has 0 saturated carbocycles. The number of aromatic nitrogens is 3. The third-order valence-corrected chi connectivity index (χ3v) is 5.86. The molecule has 1 N–H and O–H groups in total. The van der Waals surface area contributed by atoms with Crippen molar-refractivity contribution in [3.63, 3.8) is 0 Å². The van der Waals surface area contributed by atoms with Gasteiger partial charge in [-0.2, -0.15) is 0 Å². The van der Waals surface area contributed by atoms with Crippen LogP contribution in [0.3, 0.4) is 0 Å². The molecule has 3 aromatic rings. The van der Waals surface area contributed by atoms with E-state index in [1.165, 1.54) is 5.56 Å². The van der Waals surface area contributed by atoms with Crippen molar-refractivity contribution in [2.75, 3.05) is 13.1 Å². The first-order valence-corrected chi connectivity index (χ1v) is 9.95. The van der Waals surface area contributed by atoms with E-state index in [4.69, 9.17) is 0 Å². The number of carbonyl (C=O) groups is 1. The molecule has 0 radical (unpaired) electrons. The zero-order valence-electron chi connectivity index (χ0n) is 16.9. The van der Waals surface area contributed by atoms with Gasteiger partial charge < -0.3 is 9.67 Å². The lowest BCUT2D eigenvalue weighted by molar-refractivity contribution is 0.0697. The van der Waals surface area contributed by atoms with E-state index in [1.54, 1.807) is 18.5 Å². The number of aromatic carboxylic acids is 1. The highest BCUT2D eigenvalue weighted by molar-refractivity contribution is 5.95. The summed E-state index contributed by atoms with van der Waals surface area (Å²) in [6, 6.07) is 15.4. The van der Waals surface area contributed by atoms with E-state index in [0.717, 1.165) is 49.4 Å². The largest absolute Gasteiger partial charge is 0.478 e. The smallest absolute Gasteiger partial charge is 0.336 e. The third-order valence-electron chi connectivity index (χ3n) is 5.86. The number of carboxylic acid groups (broad SMARTS) is 1. The van der Waals surface area contributed by atoms with Crippen LogP contribution in [0.4, 0.5) is 0 Å². The molecule has 2 heterocycles. The molecule has 6 heteroatoms. The predicted molar refractivity (Wildman–Crippen MR) is 112 cm³/mol. The molecule has 1 aliphatic heterocycles. The van der Waals surface area contributed by atoms with Crippen molar-refractivity contribution in [1.82, 2.24) is 19.7 Å². The molecule has 2 aromatic carbocycles. The number of hydrogen-bond acceptors (Lipinski definition) is 4. The fraction of sp³-hybridized carbons (Fsp3) is 0.348. The summed E-state index contributed by atoms with van der Waals surface area (Å²) in [5.74, 6) is 0.142. The normalized spacial score (nSPS) is 19.9. The minimum Gasteiger partial charge on any atom is -0.478 e. The monoisotopic (exact) mass is 390 g/mol. The van der Waals surface area contributed by atoms with E-state index in [9.17, 15) is 9.90 Å². The van der Waals surface area contributed by atoms with Gasteiger partial charge in [0.15, 0.2) is 0 Å². The fourth-order valence-electron chi connectivity index (χ4n) is 4.46. The lowest BCUT2D eigenvalue weighted by Gasteiger charge is -2.39. The van der Waals surface area contributed by atoms with E-state index in [-0.39, 0.29) is 5.41 Å².